The number of carbonyl (C=O) groups is 1. The largest absolute Gasteiger partial charge is 0.340 e. The van der Waals surface area contributed by atoms with Crippen LogP contribution in [0.25, 0.3) is 11.0 Å². The van der Waals surface area contributed by atoms with Crippen molar-refractivity contribution < 1.29 is 13.2 Å². The summed E-state index contributed by atoms with van der Waals surface area (Å²) in [7, 11) is 0.575. The van der Waals surface area contributed by atoms with Crippen molar-refractivity contribution in [1.82, 2.24) is 18.3 Å². The number of aryl methyl sites for hydroxylation is 2. The maximum absolute atomic E-state index is 13.5. The van der Waals surface area contributed by atoms with E-state index in [1.54, 1.807) is 11.9 Å². The zero-order valence-corrected chi connectivity index (χ0v) is 19.6. The van der Waals surface area contributed by atoms with Crippen LogP contribution in [0.5, 0.6) is 0 Å². The number of fused-ring (bicyclic) bond motifs is 1. The molecule has 0 bridgehead atoms. The zero-order chi connectivity index (χ0) is 23.9. The number of sulfonamides is 1. The highest BCUT2D eigenvalue weighted by atomic mass is 32.2. The Kier molecular flexibility index (Phi) is 5.98. The first-order valence-electron chi connectivity index (χ1n) is 10.6. The molecule has 4 rings (SSSR count). The molecule has 3 aromatic rings. The lowest BCUT2D eigenvalue weighted by molar-refractivity contribution is -0.133. The standard InChI is InChI=1S/C23H26N4O5S/c1-24(15-16-8-5-4-6-9-16)21(28)19-10-7-13-27(19)33(31,32)17-11-12-18-20(14-17)26(3)23(30)22(29)25(18)2/h4-6,8-9,11-12,14,19H,7,10,13,15H2,1-3H3/t19-/m0/s1. The summed E-state index contributed by atoms with van der Waals surface area (Å²) >= 11 is 0. The number of benzene rings is 2. The van der Waals surface area contributed by atoms with Crippen LogP contribution in [0.15, 0.2) is 63.0 Å². The molecule has 9 nitrogen and oxygen atoms in total. The first kappa shape index (κ1) is 22.9. The third-order valence-electron chi connectivity index (χ3n) is 6.20. The molecule has 1 aliphatic rings. The summed E-state index contributed by atoms with van der Waals surface area (Å²) in [5.41, 5.74) is 0.300. The summed E-state index contributed by atoms with van der Waals surface area (Å²) < 4.78 is 30.6. The van der Waals surface area contributed by atoms with Gasteiger partial charge in [0, 0.05) is 34.2 Å². The number of likely N-dealkylation sites (N-methyl/N-ethyl adjacent to an activating group) is 1. The van der Waals surface area contributed by atoms with Gasteiger partial charge in [0.1, 0.15) is 6.04 Å². The van der Waals surface area contributed by atoms with Crippen LogP contribution in [0, 0.1) is 0 Å². The molecule has 1 amide bonds. The summed E-state index contributed by atoms with van der Waals surface area (Å²) in [6.07, 6.45) is 1.02. The van der Waals surface area contributed by atoms with E-state index in [9.17, 15) is 22.8 Å². The van der Waals surface area contributed by atoms with Gasteiger partial charge in [0.05, 0.1) is 15.9 Å². The van der Waals surface area contributed by atoms with E-state index in [-0.39, 0.29) is 17.3 Å². The van der Waals surface area contributed by atoms with E-state index in [4.69, 9.17) is 0 Å². The molecular formula is C23H26N4O5S. The summed E-state index contributed by atoms with van der Waals surface area (Å²) in [4.78, 5) is 39.0. The Labute approximate surface area is 191 Å². The monoisotopic (exact) mass is 470 g/mol. The lowest BCUT2D eigenvalue weighted by Crippen LogP contribution is -2.46. The number of carbonyl (C=O) groups excluding carboxylic acids is 1. The Morgan fingerprint density at radius 3 is 2.30 bits per heavy atom. The molecule has 0 aliphatic carbocycles. The van der Waals surface area contributed by atoms with Crippen molar-refractivity contribution >= 4 is 27.0 Å². The molecule has 0 spiro atoms. The molecule has 1 aromatic heterocycles. The van der Waals surface area contributed by atoms with Gasteiger partial charge in [0.2, 0.25) is 15.9 Å². The Morgan fingerprint density at radius 2 is 1.64 bits per heavy atom. The van der Waals surface area contributed by atoms with Crippen molar-refractivity contribution in [2.75, 3.05) is 13.6 Å². The third kappa shape index (κ3) is 4.00. The number of rotatable bonds is 5. The van der Waals surface area contributed by atoms with Gasteiger partial charge in [-0.2, -0.15) is 4.31 Å². The van der Waals surface area contributed by atoms with Gasteiger partial charge in [0.15, 0.2) is 0 Å². The van der Waals surface area contributed by atoms with Crippen molar-refractivity contribution in [2.24, 2.45) is 14.1 Å². The van der Waals surface area contributed by atoms with Crippen molar-refractivity contribution in [2.45, 2.75) is 30.3 Å². The smallest absolute Gasteiger partial charge is 0.316 e. The molecule has 33 heavy (non-hydrogen) atoms. The van der Waals surface area contributed by atoms with Crippen LogP contribution in [-0.4, -0.2) is 52.3 Å². The third-order valence-corrected chi connectivity index (χ3v) is 8.10. The Bertz CT molecular complexity index is 1440. The molecule has 0 radical (unpaired) electrons. The molecule has 2 heterocycles. The van der Waals surface area contributed by atoms with Gasteiger partial charge in [-0.1, -0.05) is 30.3 Å². The highest BCUT2D eigenvalue weighted by Gasteiger charge is 2.40. The number of amides is 1. The predicted octanol–water partition coefficient (Wildman–Crippen LogP) is 1.05. The molecule has 174 valence electrons. The number of nitrogens with zero attached hydrogens (tertiary/aromatic N) is 4. The van der Waals surface area contributed by atoms with E-state index in [1.807, 2.05) is 30.3 Å². The Balaban J connectivity index is 1.67. The van der Waals surface area contributed by atoms with Crippen LogP contribution in [0.3, 0.4) is 0 Å². The minimum atomic E-state index is -4.00. The van der Waals surface area contributed by atoms with Crippen LogP contribution >= 0.6 is 0 Å². The molecule has 1 atom stereocenters. The van der Waals surface area contributed by atoms with Crippen molar-refractivity contribution in [3.63, 3.8) is 0 Å². The fourth-order valence-electron chi connectivity index (χ4n) is 4.32. The molecule has 0 unspecified atom stereocenters. The SMILES string of the molecule is CN(Cc1ccccc1)C(=O)[C@@H]1CCCN1S(=O)(=O)c1ccc2c(c1)n(C)c(=O)c(=O)n2C. The minimum absolute atomic E-state index is 0.0194. The molecule has 1 fully saturated rings. The topological polar surface area (TPSA) is 102 Å². The van der Waals surface area contributed by atoms with Crippen molar-refractivity contribution in [3.05, 3.63) is 74.8 Å². The first-order valence-corrected chi connectivity index (χ1v) is 12.1. The van der Waals surface area contributed by atoms with Gasteiger partial charge in [-0.15, -0.1) is 0 Å². The van der Waals surface area contributed by atoms with Crippen LogP contribution in [0.2, 0.25) is 0 Å². The highest BCUT2D eigenvalue weighted by Crippen LogP contribution is 2.28. The number of aromatic nitrogens is 2. The quantitative estimate of drug-likeness (QED) is 0.519. The highest BCUT2D eigenvalue weighted by molar-refractivity contribution is 7.89. The van der Waals surface area contributed by atoms with Crippen LogP contribution in [0.1, 0.15) is 18.4 Å². The van der Waals surface area contributed by atoms with E-state index >= 15 is 0 Å². The van der Waals surface area contributed by atoms with E-state index in [0.29, 0.717) is 30.4 Å². The molecule has 0 N–H and O–H groups in total. The van der Waals surface area contributed by atoms with Crippen molar-refractivity contribution in [3.8, 4) is 0 Å². The van der Waals surface area contributed by atoms with E-state index < -0.39 is 27.2 Å². The molecule has 1 aliphatic heterocycles. The molecule has 0 saturated carbocycles. The van der Waals surface area contributed by atoms with E-state index in [2.05, 4.69) is 0 Å². The summed E-state index contributed by atoms with van der Waals surface area (Å²) in [6.45, 7) is 0.623. The predicted molar refractivity (Wildman–Crippen MR) is 124 cm³/mol. The van der Waals surface area contributed by atoms with Crippen LogP contribution < -0.4 is 11.1 Å². The second kappa shape index (κ2) is 8.60. The molecule has 2 aromatic carbocycles. The summed E-state index contributed by atoms with van der Waals surface area (Å²) in [6, 6.07) is 13.0. The fraction of sp³-hybridized carbons (Fsp3) is 0.348. The molecular weight excluding hydrogens is 444 g/mol. The molecule has 10 heteroatoms. The van der Waals surface area contributed by atoms with Gasteiger partial charge in [-0.25, -0.2) is 8.42 Å². The number of hydrogen-bond donors (Lipinski definition) is 0. The summed E-state index contributed by atoms with van der Waals surface area (Å²) in [5, 5.41) is 0. The maximum atomic E-state index is 13.5. The Hall–Kier alpha value is -3.24. The van der Waals surface area contributed by atoms with Gasteiger partial charge in [-0.3, -0.25) is 14.4 Å². The fourth-order valence-corrected chi connectivity index (χ4v) is 5.99. The average Bonchev–Trinajstić information content (AvgIpc) is 3.32. The lowest BCUT2D eigenvalue weighted by atomic mass is 10.1. The minimum Gasteiger partial charge on any atom is -0.340 e. The van der Waals surface area contributed by atoms with E-state index in [1.165, 1.54) is 41.2 Å². The normalized spacial score (nSPS) is 16.9. The maximum Gasteiger partial charge on any atom is 0.316 e. The average molecular weight is 471 g/mol. The zero-order valence-electron chi connectivity index (χ0n) is 18.8. The second-order valence-electron chi connectivity index (χ2n) is 8.33. The summed E-state index contributed by atoms with van der Waals surface area (Å²) in [5.74, 6) is -0.254. The van der Waals surface area contributed by atoms with Crippen molar-refractivity contribution in [1.29, 1.82) is 0 Å². The van der Waals surface area contributed by atoms with Gasteiger partial charge in [0.25, 0.3) is 0 Å². The lowest BCUT2D eigenvalue weighted by Gasteiger charge is -2.27. The number of hydrogen-bond acceptors (Lipinski definition) is 5. The van der Waals surface area contributed by atoms with Crippen LogP contribution in [0.4, 0.5) is 0 Å². The molecule has 1 saturated heterocycles. The van der Waals surface area contributed by atoms with Gasteiger partial charge >= 0.3 is 11.1 Å². The van der Waals surface area contributed by atoms with E-state index in [0.717, 1.165) is 10.1 Å². The van der Waals surface area contributed by atoms with Gasteiger partial charge in [-0.05, 0) is 36.6 Å². The van der Waals surface area contributed by atoms with Crippen LogP contribution in [-0.2, 0) is 35.5 Å². The second-order valence-corrected chi connectivity index (χ2v) is 10.2. The van der Waals surface area contributed by atoms with Gasteiger partial charge < -0.3 is 14.0 Å². The Morgan fingerprint density at radius 1 is 1.00 bits per heavy atom. The first-order chi connectivity index (χ1) is 15.6.